The molecule has 0 bridgehead atoms. The maximum atomic E-state index is 12.3. The summed E-state index contributed by atoms with van der Waals surface area (Å²) in [6, 6.07) is 0.470. The van der Waals surface area contributed by atoms with Gasteiger partial charge in [-0.2, -0.15) is 0 Å². The third-order valence-electron chi connectivity index (χ3n) is 4.78. The van der Waals surface area contributed by atoms with Crippen molar-refractivity contribution in [1.29, 1.82) is 0 Å². The molecule has 2 fully saturated rings. The van der Waals surface area contributed by atoms with Crippen molar-refractivity contribution in [2.45, 2.75) is 51.0 Å². The first kappa shape index (κ1) is 14.8. The molecule has 1 unspecified atom stereocenters. The van der Waals surface area contributed by atoms with E-state index in [1.54, 1.807) is 0 Å². The summed E-state index contributed by atoms with van der Waals surface area (Å²) in [6.07, 6.45) is 8.22. The average molecular weight is 268 g/mol. The lowest BCUT2D eigenvalue weighted by Gasteiger charge is -2.32. The Morgan fingerprint density at radius 3 is 2.68 bits per heavy atom. The fourth-order valence-corrected chi connectivity index (χ4v) is 3.45. The molecule has 1 heterocycles. The quantitative estimate of drug-likeness (QED) is 0.821. The molecule has 4 heteroatoms. The summed E-state index contributed by atoms with van der Waals surface area (Å²) in [6.45, 7) is 2.82. The highest BCUT2D eigenvalue weighted by Gasteiger charge is 2.27. The van der Waals surface area contributed by atoms with Crippen molar-refractivity contribution in [1.82, 2.24) is 9.80 Å². The van der Waals surface area contributed by atoms with Crippen LogP contribution in [-0.4, -0.2) is 60.1 Å². The summed E-state index contributed by atoms with van der Waals surface area (Å²) < 4.78 is 0. The van der Waals surface area contributed by atoms with Crippen LogP contribution in [0, 0.1) is 5.92 Å². The molecule has 0 spiro atoms. The Hall–Kier alpha value is -0.610. The lowest BCUT2D eigenvalue weighted by atomic mass is 9.94. The van der Waals surface area contributed by atoms with Crippen molar-refractivity contribution < 1.29 is 9.90 Å². The molecule has 0 aromatic carbocycles. The van der Waals surface area contributed by atoms with E-state index in [1.165, 1.54) is 32.1 Å². The van der Waals surface area contributed by atoms with Crippen molar-refractivity contribution in [3.63, 3.8) is 0 Å². The smallest absolute Gasteiger partial charge is 0.236 e. The number of aliphatic hydroxyl groups excluding tert-OH is 1. The predicted molar refractivity (Wildman–Crippen MR) is 75.9 cm³/mol. The largest absolute Gasteiger partial charge is 0.396 e. The Bertz CT molecular complexity index is 290. The molecule has 2 aliphatic rings. The highest BCUT2D eigenvalue weighted by molar-refractivity contribution is 5.78. The first-order valence-electron chi connectivity index (χ1n) is 7.79. The van der Waals surface area contributed by atoms with Gasteiger partial charge < -0.3 is 10.0 Å². The minimum atomic E-state index is 0.272. The van der Waals surface area contributed by atoms with Crippen molar-refractivity contribution in [3.8, 4) is 0 Å². The van der Waals surface area contributed by atoms with E-state index in [-0.39, 0.29) is 12.5 Å². The van der Waals surface area contributed by atoms with Gasteiger partial charge in [0.1, 0.15) is 0 Å². The lowest BCUT2D eigenvalue weighted by molar-refractivity contribution is -0.133. The van der Waals surface area contributed by atoms with Gasteiger partial charge in [0.05, 0.1) is 6.54 Å². The van der Waals surface area contributed by atoms with Crippen LogP contribution >= 0.6 is 0 Å². The number of likely N-dealkylation sites (N-methyl/N-ethyl adjacent to an activating group) is 1. The number of rotatable bonds is 5. The number of carbonyl (C=O) groups excluding carboxylic acids is 1. The van der Waals surface area contributed by atoms with E-state index in [0.29, 0.717) is 18.5 Å². The molecule has 0 aromatic rings. The molecule has 4 nitrogen and oxygen atoms in total. The fourth-order valence-electron chi connectivity index (χ4n) is 3.45. The van der Waals surface area contributed by atoms with Crippen molar-refractivity contribution in [2.24, 2.45) is 5.92 Å². The van der Waals surface area contributed by atoms with E-state index in [0.717, 1.165) is 25.9 Å². The number of hydrogen-bond acceptors (Lipinski definition) is 3. The normalized spacial score (nSPS) is 25.7. The number of nitrogens with zero attached hydrogens (tertiary/aromatic N) is 2. The first-order valence-corrected chi connectivity index (χ1v) is 7.79. The second-order valence-corrected chi connectivity index (χ2v) is 6.20. The molecule has 2 rings (SSSR count). The van der Waals surface area contributed by atoms with Crippen LogP contribution in [0.1, 0.15) is 44.9 Å². The number of hydrogen-bond donors (Lipinski definition) is 1. The van der Waals surface area contributed by atoms with Crippen LogP contribution in [0.5, 0.6) is 0 Å². The second-order valence-electron chi connectivity index (χ2n) is 6.20. The molecule has 110 valence electrons. The van der Waals surface area contributed by atoms with Gasteiger partial charge in [-0.05, 0) is 38.1 Å². The number of likely N-dealkylation sites (tertiary alicyclic amines) is 1. The molecular weight excluding hydrogens is 240 g/mol. The summed E-state index contributed by atoms with van der Waals surface area (Å²) in [7, 11) is 1.97. The van der Waals surface area contributed by atoms with Crippen molar-refractivity contribution in [3.05, 3.63) is 0 Å². The van der Waals surface area contributed by atoms with E-state index in [2.05, 4.69) is 4.90 Å². The average Bonchev–Trinajstić information content (AvgIpc) is 2.86. The molecule has 1 saturated heterocycles. The maximum absolute atomic E-state index is 12.3. The predicted octanol–water partition coefficient (Wildman–Crippen LogP) is 1.48. The van der Waals surface area contributed by atoms with E-state index < -0.39 is 0 Å². The zero-order valence-electron chi connectivity index (χ0n) is 12.2. The first-order chi connectivity index (χ1) is 9.20. The van der Waals surface area contributed by atoms with Crippen molar-refractivity contribution in [2.75, 3.05) is 33.3 Å². The van der Waals surface area contributed by atoms with E-state index in [4.69, 9.17) is 5.11 Å². The van der Waals surface area contributed by atoms with Crippen LogP contribution in [-0.2, 0) is 4.79 Å². The molecule has 1 aliphatic heterocycles. The minimum absolute atomic E-state index is 0.272. The molecule has 1 N–H and O–H groups in total. The summed E-state index contributed by atoms with van der Waals surface area (Å²) >= 11 is 0. The van der Waals surface area contributed by atoms with Gasteiger partial charge in [-0.25, -0.2) is 0 Å². The third-order valence-corrected chi connectivity index (χ3v) is 4.78. The van der Waals surface area contributed by atoms with E-state index in [9.17, 15) is 4.79 Å². The van der Waals surface area contributed by atoms with Gasteiger partial charge >= 0.3 is 0 Å². The molecule has 1 atom stereocenters. The Morgan fingerprint density at radius 2 is 2.00 bits per heavy atom. The van der Waals surface area contributed by atoms with E-state index in [1.807, 2.05) is 11.9 Å². The Morgan fingerprint density at radius 1 is 1.26 bits per heavy atom. The molecule has 1 aliphatic carbocycles. The van der Waals surface area contributed by atoms with Crippen LogP contribution < -0.4 is 0 Å². The van der Waals surface area contributed by atoms with Crippen LogP contribution in [0.3, 0.4) is 0 Å². The van der Waals surface area contributed by atoms with Crippen molar-refractivity contribution >= 4 is 5.91 Å². The standard InChI is InChI=1S/C15H28N2O2/c1-16(14-5-3-2-4-6-14)15(19)12-17-9-7-13(11-17)8-10-18/h13-14,18H,2-12H2,1H3. The van der Waals surface area contributed by atoms with E-state index >= 15 is 0 Å². The zero-order chi connectivity index (χ0) is 13.7. The summed E-state index contributed by atoms with van der Waals surface area (Å²) in [5, 5.41) is 8.96. The van der Waals surface area contributed by atoms with Gasteiger partial charge in [-0.15, -0.1) is 0 Å². The summed E-state index contributed by atoms with van der Waals surface area (Å²) in [4.78, 5) is 16.5. The summed E-state index contributed by atoms with van der Waals surface area (Å²) in [5.74, 6) is 0.856. The van der Waals surface area contributed by atoms with Gasteiger partial charge in [0.2, 0.25) is 5.91 Å². The highest BCUT2D eigenvalue weighted by Crippen LogP contribution is 2.23. The zero-order valence-corrected chi connectivity index (χ0v) is 12.2. The fraction of sp³-hybridized carbons (Fsp3) is 0.933. The van der Waals surface area contributed by atoms with Gasteiger partial charge in [-0.3, -0.25) is 9.69 Å². The molecule has 0 aromatic heterocycles. The Balaban J connectivity index is 1.74. The lowest BCUT2D eigenvalue weighted by Crippen LogP contribution is -2.43. The highest BCUT2D eigenvalue weighted by atomic mass is 16.3. The molecule has 19 heavy (non-hydrogen) atoms. The SMILES string of the molecule is CN(C(=O)CN1CCC(CCO)C1)C1CCCCC1. The molecule has 0 radical (unpaired) electrons. The maximum Gasteiger partial charge on any atom is 0.236 e. The van der Waals surface area contributed by atoms with Gasteiger partial charge in [0.15, 0.2) is 0 Å². The number of aliphatic hydroxyl groups is 1. The number of amides is 1. The van der Waals surface area contributed by atoms with Crippen LogP contribution in [0.25, 0.3) is 0 Å². The monoisotopic (exact) mass is 268 g/mol. The topological polar surface area (TPSA) is 43.8 Å². The molecule has 1 saturated carbocycles. The Kier molecular flexibility index (Phi) is 5.64. The molecule has 1 amide bonds. The third kappa shape index (κ3) is 4.18. The second kappa shape index (κ2) is 7.25. The Labute approximate surface area is 116 Å². The molecular formula is C15H28N2O2. The van der Waals surface area contributed by atoms with Gasteiger partial charge in [0, 0.05) is 26.2 Å². The summed E-state index contributed by atoms with van der Waals surface area (Å²) in [5.41, 5.74) is 0. The van der Waals surface area contributed by atoms with Gasteiger partial charge in [-0.1, -0.05) is 19.3 Å². The van der Waals surface area contributed by atoms with Crippen LogP contribution in [0.2, 0.25) is 0 Å². The van der Waals surface area contributed by atoms with Crippen LogP contribution in [0.4, 0.5) is 0 Å². The number of carbonyl (C=O) groups is 1. The van der Waals surface area contributed by atoms with Gasteiger partial charge in [0.25, 0.3) is 0 Å². The van der Waals surface area contributed by atoms with Crippen LogP contribution in [0.15, 0.2) is 0 Å². The minimum Gasteiger partial charge on any atom is -0.396 e.